The van der Waals surface area contributed by atoms with Crippen LogP contribution >= 0.6 is 0 Å². The second-order valence-corrected chi connectivity index (χ2v) is 1.63. The van der Waals surface area contributed by atoms with Crippen LogP contribution in [-0.2, 0) is 6.54 Å². The molecule has 0 saturated heterocycles. The molecule has 1 radical (unpaired) electrons. The van der Waals surface area contributed by atoms with Gasteiger partial charge in [-0.15, -0.1) is 0 Å². The zero-order valence-corrected chi connectivity index (χ0v) is 4.20. The summed E-state index contributed by atoms with van der Waals surface area (Å²) in [4.78, 5) is 7.79. The summed E-state index contributed by atoms with van der Waals surface area (Å²) in [6.45, 7) is 0.853. The van der Waals surface area contributed by atoms with Gasteiger partial charge in [0.2, 0.25) is 5.95 Å². The number of hydrogen-bond donors (Lipinski definition) is 0. The van der Waals surface area contributed by atoms with Crippen molar-refractivity contribution >= 4 is 12.2 Å². The molecule has 8 heavy (non-hydrogen) atoms. The van der Waals surface area contributed by atoms with Gasteiger partial charge in [-0.05, 0) is 0 Å². The highest BCUT2D eigenvalue weighted by atomic mass is 15.2. The summed E-state index contributed by atoms with van der Waals surface area (Å²) >= 11 is 0. The third kappa shape index (κ3) is 0.332. The SMILES string of the molecule is [c]1cn2c(n1)N=CC2. The number of aliphatic imine (C=N–C) groups is 1. The van der Waals surface area contributed by atoms with Gasteiger partial charge < -0.3 is 4.57 Å². The topological polar surface area (TPSA) is 30.2 Å². The van der Waals surface area contributed by atoms with Gasteiger partial charge >= 0.3 is 0 Å². The molecule has 39 valence electrons. The van der Waals surface area contributed by atoms with Gasteiger partial charge in [0, 0.05) is 12.4 Å². The fraction of sp³-hybridized carbons (Fsp3) is 0.200. The minimum atomic E-state index is 0.769. The third-order valence-corrected chi connectivity index (χ3v) is 1.12. The van der Waals surface area contributed by atoms with Crippen LogP contribution in [0, 0.1) is 6.20 Å². The normalized spacial score (nSPS) is 14.5. The molecular weight excluding hydrogens is 102 g/mol. The molecule has 3 heteroatoms. The molecule has 0 unspecified atom stereocenters. The summed E-state index contributed by atoms with van der Waals surface area (Å²) in [5.74, 6) is 0.769. The quantitative estimate of drug-likeness (QED) is 0.470. The Morgan fingerprint density at radius 2 is 2.75 bits per heavy atom. The first-order valence-electron chi connectivity index (χ1n) is 2.42. The van der Waals surface area contributed by atoms with Crippen molar-refractivity contribution in [2.24, 2.45) is 4.99 Å². The maximum atomic E-state index is 3.95. The predicted octanol–water partition coefficient (Wildman–Crippen LogP) is 0.399. The van der Waals surface area contributed by atoms with E-state index in [9.17, 15) is 0 Å². The van der Waals surface area contributed by atoms with Crippen molar-refractivity contribution in [1.82, 2.24) is 9.55 Å². The van der Waals surface area contributed by atoms with E-state index < -0.39 is 0 Å². The zero-order chi connectivity index (χ0) is 5.40. The minimum absolute atomic E-state index is 0.769. The van der Waals surface area contributed by atoms with Crippen LogP contribution in [0.1, 0.15) is 0 Å². The molecule has 0 fully saturated rings. The Morgan fingerprint density at radius 3 is 3.62 bits per heavy atom. The first-order valence-corrected chi connectivity index (χ1v) is 2.42. The molecule has 1 aliphatic rings. The maximum Gasteiger partial charge on any atom is 0.230 e. The Labute approximate surface area is 46.7 Å². The molecule has 0 spiro atoms. The van der Waals surface area contributed by atoms with Crippen molar-refractivity contribution in [3.05, 3.63) is 12.4 Å². The lowest BCUT2D eigenvalue weighted by Gasteiger charge is -1.85. The molecule has 0 aromatic carbocycles. The summed E-state index contributed by atoms with van der Waals surface area (Å²) < 4.78 is 1.93. The summed E-state index contributed by atoms with van der Waals surface area (Å²) in [6, 6.07) is 0. The van der Waals surface area contributed by atoms with Crippen LogP contribution in [0.4, 0.5) is 5.95 Å². The van der Waals surface area contributed by atoms with Crippen molar-refractivity contribution in [3.8, 4) is 0 Å². The lowest BCUT2D eigenvalue weighted by molar-refractivity contribution is 0.900. The average molecular weight is 106 g/mol. The van der Waals surface area contributed by atoms with Gasteiger partial charge in [-0.2, -0.15) is 0 Å². The van der Waals surface area contributed by atoms with Gasteiger partial charge in [-0.25, -0.2) is 9.98 Å². The Morgan fingerprint density at radius 1 is 1.75 bits per heavy atom. The predicted molar refractivity (Wildman–Crippen MR) is 29.2 cm³/mol. The highest BCUT2D eigenvalue weighted by Gasteiger charge is 2.02. The average Bonchev–Trinajstić information content (AvgIpc) is 2.15. The van der Waals surface area contributed by atoms with E-state index >= 15 is 0 Å². The number of nitrogens with zero attached hydrogens (tertiary/aromatic N) is 3. The van der Waals surface area contributed by atoms with E-state index in [-0.39, 0.29) is 0 Å². The number of hydrogen-bond acceptors (Lipinski definition) is 2. The summed E-state index contributed by atoms with van der Waals surface area (Å²) in [7, 11) is 0. The summed E-state index contributed by atoms with van der Waals surface area (Å²) in [5, 5.41) is 0. The van der Waals surface area contributed by atoms with Gasteiger partial charge in [0.25, 0.3) is 0 Å². The molecule has 0 atom stereocenters. The second-order valence-electron chi connectivity index (χ2n) is 1.63. The number of imidazole rings is 1. The van der Waals surface area contributed by atoms with Crippen LogP contribution in [0.2, 0.25) is 0 Å². The number of aromatic nitrogens is 2. The molecule has 2 rings (SSSR count). The Hall–Kier alpha value is -1.12. The van der Waals surface area contributed by atoms with E-state index in [0.29, 0.717) is 0 Å². The van der Waals surface area contributed by atoms with Crippen molar-refractivity contribution < 1.29 is 0 Å². The van der Waals surface area contributed by atoms with Crippen LogP contribution < -0.4 is 0 Å². The fourth-order valence-corrected chi connectivity index (χ4v) is 0.726. The highest BCUT2D eigenvalue weighted by molar-refractivity contribution is 5.64. The van der Waals surface area contributed by atoms with Crippen molar-refractivity contribution in [2.45, 2.75) is 6.54 Å². The molecule has 0 N–H and O–H groups in total. The minimum Gasteiger partial charge on any atom is -0.310 e. The van der Waals surface area contributed by atoms with Crippen LogP contribution in [-0.4, -0.2) is 15.8 Å². The van der Waals surface area contributed by atoms with Crippen LogP contribution in [0.25, 0.3) is 0 Å². The highest BCUT2D eigenvalue weighted by Crippen LogP contribution is 2.10. The van der Waals surface area contributed by atoms with E-state index in [1.54, 1.807) is 6.20 Å². The van der Waals surface area contributed by atoms with Gasteiger partial charge in [0.15, 0.2) is 0 Å². The molecule has 0 amide bonds. The van der Waals surface area contributed by atoms with E-state index in [2.05, 4.69) is 16.2 Å². The van der Waals surface area contributed by atoms with E-state index in [4.69, 9.17) is 0 Å². The van der Waals surface area contributed by atoms with Crippen LogP contribution in [0.15, 0.2) is 11.2 Å². The Bertz CT molecular complexity index is 223. The monoisotopic (exact) mass is 106 g/mol. The van der Waals surface area contributed by atoms with Crippen molar-refractivity contribution in [3.63, 3.8) is 0 Å². The molecule has 1 aromatic heterocycles. The zero-order valence-electron chi connectivity index (χ0n) is 4.20. The molecule has 3 nitrogen and oxygen atoms in total. The first kappa shape index (κ1) is 3.83. The fourth-order valence-electron chi connectivity index (χ4n) is 0.726. The Kier molecular flexibility index (Phi) is 0.566. The van der Waals surface area contributed by atoms with Gasteiger partial charge in [-0.3, -0.25) is 0 Å². The number of fused-ring (bicyclic) bond motifs is 1. The van der Waals surface area contributed by atoms with Crippen LogP contribution in [0.3, 0.4) is 0 Å². The molecule has 0 aliphatic carbocycles. The van der Waals surface area contributed by atoms with Crippen molar-refractivity contribution in [2.75, 3.05) is 0 Å². The van der Waals surface area contributed by atoms with Gasteiger partial charge in [-0.1, -0.05) is 0 Å². The molecule has 0 bridgehead atoms. The van der Waals surface area contributed by atoms with Crippen molar-refractivity contribution in [1.29, 1.82) is 0 Å². The van der Waals surface area contributed by atoms with E-state index in [1.165, 1.54) is 0 Å². The first-order chi connectivity index (χ1) is 3.97. The molecular formula is C5H4N3. The van der Waals surface area contributed by atoms with Gasteiger partial charge in [0.05, 0.1) is 6.54 Å². The molecule has 0 saturated carbocycles. The Balaban J connectivity index is 2.67. The molecule has 1 aliphatic heterocycles. The maximum absolute atomic E-state index is 3.95. The van der Waals surface area contributed by atoms with Crippen LogP contribution in [0.5, 0.6) is 0 Å². The van der Waals surface area contributed by atoms with Gasteiger partial charge in [0.1, 0.15) is 6.20 Å². The molecule has 2 heterocycles. The molecule has 1 aromatic rings. The largest absolute Gasteiger partial charge is 0.310 e. The number of rotatable bonds is 0. The third-order valence-electron chi connectivity index (χ3n) is 1.12. The standard InChI is InChI=1S/C5H4N3/c1-3-8-4-2-7-5(8)6-1/h1,4H,3H2. The smallest absolute Gasteiger partial charge is 0.230 e. The lowest BCUT2D eigenvalue weighted by Crippen LogP contribution is -1.87. The lowest BCUT2D eigenvalue weighted by atomic mass is 10.7. The van der Waals surface area contributed by atoms with E-state index in [1.807, 2.05) is 10.8 Å². The summed E-state index contributed by atoms with van der Waals surface area (Å²) in [6.07, 6.45) is 6.32. The van der Waals surface area contributed by atoms with E-state index in [0.717, 1.165) is 12.5 Å². The second kappa shape index (κ2) is 1.18. The summed E-state index contributed by atoms with van der Waals surface area (Å²) in [5.41, 5.74) is 0.